The van der Waals surface area contributed by atoms with Crippen LogP contribution in [0.5, 0.6) is 0 Å². The Balaban J connectivity index is 1.82. The third-order valence-electron chi connectivity index (χ3n) is 5.33. The van der Waals surface area contributed by atoms with Crippen molar-refractivity contribution in [2.75, 3.05) is 11.9 Å². The maximum atomic E-state index is 14.2. The van der Waals surface area contributed by atoms with Gasteiger partial charge < -0.3 is 16.0 Å². The van der Waals surface area contributed by atoms with E-state index in [4.69, 9.17) is 5.73 Å². The zero-order chi connectivity index (χ0) is 21.1. The van der Waals surface area contributed by atoms with E-state index >= 15 is 0 Å². The molecule has 29 heavy (non-hydrogen) atoms. The Hall–Kier alpha value is -2.74. The van der Waals surface area contributed by atoms with Crippen molar-refractivity contribution in [3.8, 4) is 0 Å². The Morgan fingerprint density at radius 2 is 1.86 bits per heavy atom. The minimum Gasteiger partial charge on any atom is -0.365 e. The highest BCUT2D eigenvalue weighted by molar-refractivity contribution is 7.16. The van der Waals surface area contributed by atoms with Gasteiger partial charge in [0, 0.05) is 10.9 Å². The number of amides is 3. The van der Waals surface area contributed by atoms with Crippen molar-refractivity contribution < 1.29 is 18.8 Å². The molecule has 1 aliphatic carbocycles. The van der Waals surface area contributed by atoms with Crippen LogP contribution >= 0.6 is 11.3 Å². The van der Waals surface area contributed by atoms with Gasteiger partial charge in [-0.1, -0.05) is 25.0 Å². The SMILES string of the molecule is Cc1sc(NC(=O)CN(C(=O)c2ccccc2F)C2CCCC2)c(C(N)=O)c1C. The molecule has 3 amide bonds. The first-order valence-corrected chi connectivity index (χ1v) is 10.4. The summed E-state index contributed by atoms with van der Waals surface area (Å²) in [5, 5.41) is 3.10. The molecule has 6 nitrogen and oxygen atoms in total. The fourth-order valence-corrected chi connectivity index (χ4v) is 4.79. The van der Waals surface area contributed by atoms with Gasteiger partial charge in [-0.15, -0.1) is 11.3 Å². The minimum atomic E-state index is -0.614. The number of carbonyl (C=O) groups excluding carboxylic acids is 3. The third-order valence-corrected chi connectivity index (χ3v) is 6.45. The molecule has 0 radical (unpaired) electrons. The summed E-state index contributed by atoms with van der Waals surface area (Å²) in [6.07, 6.45) is 3.47. The van der Waals surface area contributed by atoms with Crippen molar-refractivity contribution in [1.82, 2.24) is 4.90 Å². The lowest BCUT2D eigenvalue weighted by Gasteiger charge is -2.28. The van der Waals surface area contributed by atoms with E-state index < -0.39 is 23.5 Å². The number of halogens is 1. The number of primary amides is 1. The molecule has 1 aromatic carbocycles. The predicted octanol–water partition coefficient (Wildman–Crippen LogP) is 3.63. The average molecular weight is 418 g/mol. The number of benzene rings is 1. The molecular weight excluding hydrogens is 393 g/mol. The van der Waals surface area contributed by atoms with Gasteiger partial charge in [0.2, 0.25) is 5.91 Å². The summed E-state index contributed by atoms with van der Waals surface area (Å²) in [6.45, 7) is 3.40. The summed E-state index contributed by atoms with van der Waals surface area (Å²) in [4.78, 5) is 39.9. The molecule has 0 atom stereocenters. The molecule has 0 spiro atoms. The van der Waals surface area contributed by atoms with Crippen LogP contribution in [0.15, 0.2) is 24.3 Å². The summed E-state index contributed by atoms with van der Waals surface area (Å²) in [7, 11) is 0. The normalized spacial score (nSPS) is 14.0. The number of nitrogens with one attached hydrogen (secondary N) is 1. The van der Waals surface area contributed by atoms with Crippen molar-refractivity contribution in [2.45, 2.75) is 45.6 Å². The first kappa shape index (κ1) is 21.0. The van der Waals surface area contributed by atoms with Gasteiger partial charge in [-0.25, -0.2) is 4.39 Å². The van der Waals surface area contributed by atoms with Crippen LogP contribution in [-0.4, -0.2) is 35.2 Å². The molecule has 3 N–H and O–H groups in total. The molecule has 1 fully saturated rings. The molecule has 0 bridgehead atoms. The second-order valence-electron chi connectivity index (χ2n) is 7.25. The zero-order valence-corrected chi connectivity index (χ0v) is 17.3. The van der Waals surface area contributed by atoms with E-state index in [0.717, 1.165) is 36.1 Å². The predicted molar refractivity (Wildman–Crippen MR) is 111 cm³/mol. The molecule has 1 aliphatic rings. The van der Waals surface area contributed by atoms with E-state index in [1.165, 1.54) is 34.4 Å². The number of rotatable bonds is 6. The molecule has 0 unspecified atom stereocenters. The van der Waals surface area contributed by atoms with Gasteiger partial charge in [0.1, 0.15) is 17.4 Å². The lowest BCUT2D eigenvalue weighted by molar-refractivity contribution is -0.117. The molecule has 3 rings (SSSR count). The lowest BCUT2D eigenvalue weighted by Crippen LogP contribution is -2.44. The van der Waals surface area contributed by atoms with Crippen LogP contribution in [0.25, 0.3) is 0 Å². The van der Waals surface area contributed by atoms with Gasteiger partial charge in [-0.2, -0.15) is 0 Å². The summed E-state index contributed by atoms with van der Waals surface area (Å²) in [5.41, 5.74) is 6.42. The number of hydrogen-bond donors (Lipinski definition) is 2. The largest absolute Gasteiger partial charge is 0.365 e. The van der Waals surface area contributed by atoms with Crippen LogP contribution < -0.4 is 11.1 Å². The maximum absolute atomic E-state index is 14.2. The van der Waals surface area contributed by atoms with E-state index in [1.54, 1.807) is 13.0 Å². The van der Waals surface area contributed by atoms with Gasteiger partial charge in [0.25, 0.3) is 11.8 Å². The minimum absolute atomic E-state index is 0.0483. The van der Waals surface area contributed by atoms with Gasteiger partial charge in [-0.3, -0.25) is 14.4 Å². The molecule has 1 aromatic heterocycles. The molecule has 1 saturated carbocycles. The van der Waals surface area contributed by atoms with Crippen molar-refractivity contribution in [2.24, 2.45) is 5.73 Å². The third kappa shape index (κ3) is 4.48. The number of anilines is 1. The van der Waals surface area contributed by atoms with Gasteiger partial charge >= 0.3 is 0 Å². The van der Waals surface area contributed by atoms with E-state index in [9.17, 15) is 18.8 Å². The van der Waals surface area contributed by atoms with Gasteiger partial charge in [0.15, 0.2) is 0 Å². The molecule has 0 saturated heterocycles. The Morgan fingerprint density at radius 1 is 1.21 bits per heavy atom. The number of nitrogens with zero attached hydrogens (tertiary/aromatic N) is 1. The summed E-state index contributed by atoms with van der Waals surface area (Å²) >= 11 is 1.27. The fourth-order valence-electron chi connectivity index (χ4n) is 3.70. The average Bonchev–Trinajstić information content (AvgIpc) is 3.28. The zero-order valence-electron chi connectivity index (χ0n) is 16.5. The van der Waals surface area contributed by atoms with Gasteiger partial charge in [-0.05, 0) is 44.4 Å². The van der Waals surface area contributed by atoms with Crippen molar-refractivity contribution >= 4 is 34.1 Å². The summed E-state index contributed by atoms with van der Waals surface area (Å²) < 4.78 is 14.2. The Labute approximate surface area is 172 Å². The van der Waals surface area contributed by atoms with E-state index in [1.807, 2.05) is 6.92 Å². The molecule has 2 aromatic rings. The van der Waals surface area contributed by atoms with Crippen molar-refractivity contribution in [3.05, 3.63) is 51.7 Å². The summed E-state index contributed by atoms with van der Waals surface area (Å²) in [5.74, 6) is -2.16. The second-order valence-corrected chi connectivity index (χ2v) is 8.48. The Morgan fingerprint density at radius 3 is 2.48 bits per heavy atom. The Kier molecular flexibility index (Phi) is 6.32. The van der Waals surface area contributed by atoms with Crippen LogP contribution in [0.4, 0.5) is 9.39 Å². The van der Waals surface area contributed by atoms with E-state index in [2.05, 4.69) is 5.32 Å². The molecule has 8 heteroatoms. The van der Waals surface area contributed by atoms with Gasteiger partial charge in [0.05, 0.1) is 11.1 Å². The van der Waals surface area contributed by atoms with Crippen LogP contribution in [0.1, 0.15) is 56.8 Å². The number of nitrogens with two attached hydrogens (primary N) is 1. The number of aryl methyl sites for hydroxylation is 1. The monoisotopic (exact) mass is 417 g/mol. The Bertz CT molecular complexity index is 951. The number of hydrogen-bond acceptors (Lipinski definition) is 4. The standard InChI is InChI=1S/C21H24FN3O3S/c1-12-13(2)29-20(18(12)19(23)27)24-17(26)11-25(14-7-3-4-8-14)21(28)15-9-5-6-10-16(15)22/h5-6,9-10,14H,3-4,7-8,11H2,1-2H3,(H2,23,27)(H,24,26). The number of carbonyl (C=O) groups is 3. The quantitative estimate of drug-likeness (QED) is 0.752. The highest BCUT2D eigenvalue weighted by atomic mass is 32.1. The highest BCUT2D eigenvalue weighted by Crippen LogP contribution is 2.32. The van der Waals surface area contributed by atoms with Crippen LogP contribution in [0, 0.1) is 19.7 Å². The first-order chi connectivity index (χ1) is 13.8. The first-order valence-electron chi connectivity index (χ1n) is 9.54. The van der Waals surface area contributed by atoms with E-state index in [-0.39, 0.29) is 23.7 Å². The summed E-state index contributed by atoms with van der Waals surface area (Å²) in [6, 6.07) is 5.66. The molecule has 154 valence electrons. The van der Waals surface area contributed by atoms with Crippen molar-refractivity contribution in [1.29, 1.82) is 0 Å². The second kappa shape index (κ2) is 8.73. The fraction of sp³-hybridized carbons (Fsp3) is 0.381. The van der Waals surface area contributed by atoms with Crippen LogP contribution in [-0.2, 0) is 4.79 Å². The molecular formula is C21H24FN3O3S. The van der Waals surface area contributed by atoms with Crippen molar-refractivity contribution in [3.63, 3.8) is 0 Å². The van der Waals surface area contributed by atoms with E-state index in [0.29, 0.717) is 5.00 Å². The molecule has 0 aliphatic heterocycles. The lowest BCUT2D eigenvalue weighted by atomic mass is 10.1. The highest BCUT2D eigenvalue weighted by Gasteiger charge is 2.31. The van der Waals surface area contributed by atoms with Crippen LogP contribution in [0.2, 0.25) is 0 Å². The number of thiophene rings is 1. The topological polar surface area (TPSA) is 92.5 Å². The molecule has 1 heterocycles. The smallest absolute Gasteiger partial charge is 0.257 e. The maximum Gasteiger partial charge on any atom is 0.257 e. The van der Waals surface area contributed by atoms with Crippen LogP contribution in [0.3, 0.4) is 0 Å².